The molecule has 6 nitrogen and oxygen atoms in total. The minimum absolute atomic E-state index is 0.0283. The molecular formula is C11H16N2O4S. The van der Waals surface area contributed by atoms with E-state index in [0.29, 0.717) is 0 Å². The van der Waals surface area contributed by atoms with Gasteiger partial charge < -0.3 is 0 Å². The standard InChI is InChI=1S/C11H16N2O4S/c1-8(2)9(3)12-18(16,17)11-6-4-10(5-7-11)13(14)15/h4-9,12H,1-3H3. The van der Waals surface area contributed by atoms with Gasteiger partial charge in [-0.25, -0.2) is 13.1 Å². The molecule has 1 N–H and O–H groups in total. The Morgan fingerprint density at radius 1 is 1.17 bits per heavy atom. The van der Waals surface area contributed by atoms with Crippen LogP contribution in [0.25, 0.3) is 0 Å². The van der Waals surface area contributed by atoms with Crippen LogP contribution in [-0.2, 0) is 10.0 Å². The molecule has 0 spiro atoms. The van der Waals surface area contributed by atoms with Crippen molar-refractivity contribution in [1.29, 1.82) is 0 Å². The van der Waals surface area contributed by atoms with Crippen molar-refractivity contribution in [3.05, 3.63) is 34.4 Å². The van der Waals surface area contributed by atoms with Crippen molar-refractivity contribution < 1.29 is 13.3 Å². The summed E-state index contributed by atoms with van der Waals surface area (Å²) in [6.07, 6.45) is 0. The maximum Gasteiger partial charge on any atom is 0.269 e. The molecule has 0 amide bonds. The first-order chi connectivity index (χ1) is 8.24. The summed E-state index contributed by atoms with van der Waals surface area (Å²) in [4.78, 5) is 9.93. The molecular weight excluding hydrogens is 256 g/mol. The van der Waals surface area contributed by atoms with Gasteiger partial charge in [-0.1, -0.05) is 13.8 Å². The summed E-state index contributed by atoms with van der Waals surface area (Å²) in [7, 11) is -3.62. The molecule has 0 aliphatic heterocycles. The van der Waals surface area contributed by atoms with Crippen LogP contribution < -0.4 is 4.72 Å². The predicted molar refractivity (Wildman–Crippen MR) is 67.7 cm³/mol. The third-order valence-corrected chi connectivity index (χ3v) is 4.27. The third-order valence-electron chi connectivity index (χ3n) is 2.70. The van der Waals surface area contributed by atoms with Crippen LogP contribution in [0, 0.1) is 16.0 Å². The van der Waals surface area contributed by atoms with Crippen LogP contribution in [0.15, 0.2) is 29.2 Å². The average Bonchev–Trinajstić information content (AvgIpc) is 2.28. The lowest BCUT2D eigenvalue weighted by atomic mass is 10.1. The molecule has 0 radical (unpaired) electrons. The van der Waals surface area contributed by atoms with Gasteiger partial charge in [0.2, 0.25) is 10.0 Å². The zero-order valence-electron chi connectivity index (χ0n) is 10.5. The summed E-state index contributed by atoms with van der Waals surface area (Å²) in [5, 5.41) is 10.5. The van der Waals surface area contributed by atoms with E-state index < -0.39 is 14.9 Å². The number of rotatable bonds is 5. The molecule has 18 heavy (non-hydrogen) atoms. The molecule has 1 unspecified atom stereocenters. The second-order valence-electron chi connectivity index (χ2n) is 4.40. The molecule has 1 rings (SSSR count). The maximum atomic E-state index is 11.9. The number of non-ortho nitro benzene ring substituents is 1. The topological polar surface area (TPSA) is 89.3 Å². The highest BCUT2D eigenvalue weighted by atomic mass is 32.2. The Morgan fingerprint density at radius 3 is 2.06 bits per heavy atom. The molecule has 1 aromatic carbocycles. The van der Waals surface area contributed by atoms with E-state index in [0.717, 1.165) is 0 Å². The predicted octanol–water partition coefficient (Wildman–Crippen LogP) is 1.92. The Morgan fingerprint density at radius 2 is 1.67 bits per heavy atom. The van der Waals surface area contributed by atoms with Gasteiger partial charge in [0.15, 0.2) is 0 Å². The second kappa shape index (κ2) is 5.45. The largest absolute Gasteiger partial charge is 0.269 e. The van der Waals surface area contributed by atoms with Crippen LogP contribution in [0.5, 0.6) is 0 Å². The van der Waals surface area contributed by atoms with Crippen LogP contribution in [0.4, 0.5) is 5.69 Å². The molecule has 0 saturated heterocycles. The summed E-state index contributed by atoms with van der Waals surface area (Å²) in [6.45, 7) is 5.58. The van der Waals surface area contributed by atoms with Gasteiger partial charge in [0, 0.05) is 18.2 Å². The summed E-state index contributed by atoms with van der Waals surface area (Å²) in [6, 6.07) is 4.61. The van der Waals surface area contributed by atoms with E-state index in [1.54, 1.807) is 6.92 Å². The van der Waals surface area contributed by atoms with Crippen molar-refractivity contribution in [3.8, 4) is 0 Å². The van der Waals surface area contributed by atoms with Crippen LogP contribution in [0.3, 0.4) is 0 Å². The number of nitrogens with zero attached hydrogens (tertiary/aromatic N) is 1. The van der Waals surface area contributed by atoms with Crippen molar-refractivity contribution in [1.82, 2.24) is 4.72 Å². The highest BCUT2D eigenvalue weighted by Crippen LogP contribution is 2.16. The molecule has 0 aromatic heterocycles. The Balaban J connectivity index is 2.95. The lowest BCUT2D eigenvalue weighted by molar-refractivity contribution is -0.384. The minimum Gasteiger partial charge on any atom is -0.258 e. The van der Waals surface area contributed by atoms with Crippen LogP contribution in [0.1, 0.15) is 20.8 Å². The highest BCUT2D eigenvalue weighted by Gasteiger charge is 2.19. The minimum atomic E-state index is -3.62. The number of hydrogen-bond donors (Lipinski definition) is 1. The Bertz CT molecular complexity index is 522. The lowest BCUT2D eigenvalue weighted by Crippen LogP contribution is -2.36. The van der Waals surface area contributed by atoms with Crippen molar-refractivity contribution in [2.24, 2.45) is 5.92 Å². The van der Waals surface area contributed by atoms with E-state index in [2.05, 4.69) is 4.72 Å². The molecule has 0 aliphatic rings. The van der Waals surface area contributed by atoms with Crippen LogP contribution in [-0.4, -0.2) is 19.4 Å². The Labute approximate surface area is 106 Å². The van der Waals surface area contributed by atoms with Crippen molar-refractivity contribution in [2.75, 3.05) is 0 Å². The fourth-order valence-corrected chi connectivity index (χ4v) is 2.59. The molecule has 0 bridgehead atoms. The quantitative estimate of drug-likeness (QED) is 0.655. The number of nitrogens with one attached hydrogen (secondary N) is 1. The van der Waals surface area contributed by atoms with Crippen molar-refractivity contribution in [2.45, 2.75) is 31.7 Å². The summed E-state index contributed by atoms with van der Waals surface area (Å²) >= 11 is 0. The number of sulfonamides is 1. The first kappa shape index (κ1) is 14.6. The second-order valence-corrected chi connectivity index (χ2v) is 6.12. The normalized spacial score (nSPS) is 13.6. The molecule has 0 aliphatic carbocycles. The van der Waals surface area contributed by atoms with E-state index in [1.165, 1.54) is 24.3 Å². The number of hydrogen-bond acceptors (Lipinski definition) is 4. The molecule has 7 heteroatoms. The average molecular weight is 272 g/mol. The molecule has 1 aromatic rings. The lowest BCUT2D eigenvalue weighted by Gasteiger charge is -2.17. The van der Waals surface area contributed by atoms with Crippen LogP contribution >= 0.6 is 0 Å². The van der Waals surface area contributed by atoms with E-state index in [-0.39, 0.29) is 22.5 Å². The van der Waals surface area contributed by atoms with Crippen LogP contribution in [0.2, 0.25) is 0 Å². The van der Waals surface area contributed by atoms with Gasteiger partial charge in [-0.15, -0.1) is 0 Å². The summed E-state index contributed by atoms with van der Waals surface area (Å²) in [5.74, 6) is 0.165. The molecule has 0 saturated carbocycles. The van der Waals surface area contributed by atoms with Gasteiger partial charge in [0.25, 0.3) is 5.69 Å². The molecule has 0 fully saturated rings. The van der Waals surface area contributed by atoms with Gasteiger partial charge in [0.05, 0.1) is 9.82 Å². The molecule has 100 valence electrons. The van der Waals surface area contributed by atoms with Gasteiger partial charge in [-0.05, 0) is 25.0 Å². The third kappa shape index (κ3) is 3.51. The van der Waals surface area contributed by atoms with Crippen molar-refractivity contribution >= 4 is 15.7 Å². The smallest absolute Gasteiger partial charge is 0.258 e. The van der Waals surface area contributed by atoms with Gasteiger partial charge in [-0.2, -0.15) is 0 Å². The van der Waals surface area contributed by atoms with Gasteiger partial charge in [-0.3, -0.25) is 10.1 Å². The fraction of sp³-hybridized carbons (Fsp3) is 0.455. The molecule has 1 atom stereocenters. The first-order valence-corrected chi connectivity index (χ1v) is 6.99. The number of nitro benzene ring substituents is 1. The SMILES string of the molecule is CC(C)C(C)NS(=O)(=O)c1ccc([N+](=O)[O-])cc1. The fourth-order valence-electron chi connectivity index (χ4n) is 1.20. The Hall–Kier alpha value is -1.47. The van der Waals surface area contributed by atoms with Crippen molar-refractivity contribution in [3.63, 3.8) is 0 Å². The highest BCUT2D eigenvalue weighted by molar-refractivity contribution is 7.89. The van der Waals surface area contributed by atoms with Gasteiger partial charge >= 0.3 is 0 Å². The van der Waals surface area contributed by atoms with E-state index in [9.17, 15) is 18.5 Å². The summed E-state index contributed by atoms with van der Waals surface area (Å²) < 4.78 is 26.4. The zero-order valence-corrected chi connectivity index (χ0v) is 11.3. The van der Waals surface area contributed by atoms with E-state index in [4.69, 9.17) is 0 Å². The summed E-state index contributed by atoms with van der Waals surface area (Å²) in [5.41, 5.74) is -0.133. The van der Waals surface area contributed by atoms with Gasteiger partial charge in [0.1, 0.15) is 0 Å². The first-order valence-electron chi connectivity index (χ1n) is 5.51. The van der Waals surface area contributed by atoms with E-state index in [1.807, 2.05) is 13.8 Å². The number of benzene rings is 1. The monoisotopic (exact) mass is 272 g/mol. The zero-order chi connectivity index (χ0) is 13.9. The Kier molecular flexibility index (Phi) is 4.42. The maximum absolute atomic E-state index is 11.9. The number of nitro groups is 1. The van der Waals surface area contributed by atoms with E-state index >= 15 is 0 Å². The molecule has 0 heterocycles.